The van der Waals surface area contributed by atoms with Crippen LogP contribution in [0.3, 0.4) is 0 Å². The minimum atomic E-state index is -0.00448. The van der Waals surface area contributed by atoms with E-state index in [1.165, 1.54) is 0 Å². The number of carbonyl (C=O) groups is 1. The summed E-state index contributed by atoms with van der Waals surface area (Å²) in [6.07, 6.45) is 0.370. The number of hydrogen-bond donors (Lipinski definition) is 1. The molecule has 1 N–H and O–H groups in total. The highest BCUT2D eigenvalue weighted by atomic mass is 32.2. The molecule has 2 heterocycles. The van der Waals surface area contributed by atoms with Crippen LogP contribution in [0.5, 0.6) is 0 Å². The van der Waals surface area contributed by atoms with Crippen molar-refractivity contribution in [2.45, 2.75) is 30.8 Å². The van der Waals surface area contributed by atoms with Gasteiger partial charge in [-0.1, -0.05) is 72.8 Å². The first-order valence-corrected chi connectivity index (χ1v) is 12.0. The van der Waals surface area contributed by atoms with Crippen molar-refractivity contribution in [2.75, 3.05) is 5.32 Å². The van der Waals surface area contributed by atoms with Crippen LogP contribution in [0.25, 0.3) is 5.69 Å². The SMILES string of the molecule is Cc1cccc(-n2nc3c(c2NC(=O)CC(c2ccccc2)c2ccccc2)CSC3)c1. The fourth-order valence-corrected chi connectivity index (χ4v) is 5.29. The predicted molar refractivity (Wildman–Crippen MR) is 131 cm³/mol. The molecule has 0 saturated carbocycles. The van der Waals surface area contributed by atoms with E-state index in [2.05, 4.69) is 48.6 Å². The number of aromatic nitrogens is 2. The Balaban J connectivity index is 1.46. The molecule has 4 aromatic rings. The molecule has 5 rings (SSSR count). The van der Waals surface area contributed by atoms with E-state index in [-0.39, 0.29) is 11.8 Å². The highest BCUT2D eigenvalue weighted by molar-refractivity contribution is 7.98. The molecule has 0 saturated heterocycles. The van der Waals surface area contributed by atoms with Crippen LogP contribution >= 0.6 is 11.8 Å². The van der Waals surface area contributed by atoms with Gasteiger partial charge in [-0.2, -0.15) is 16.9 Å². The second-order valence-electron chi connectivity index (χ2n) is 8.14. The summed E-state index contributed by atoms with van der Waals surface area (Å²) in [5.41, 5.74) is 6.62. The van der Waals surface area contributed by atoms with Crippen LogP contribution in [0.1, 0.15) is 40.3 Å². The van der Waals surface area contributed by atoms with Gasteiger partial charge in [-0.15, -0.1) is 0 Å². The molecule has 1 aliphatic rings. The molecular formula is C27H25N3OS. The van der Waals surface area contributed by atoms with Gasteiger partial charge in [0.2, 0.25) is 5.91 Å². The molecule has 5 heteroatoms. The molecule has 160 valence electrons. The zero-order chi connectivity index (χ0) is 21.9. The fraction of sp³-hybridized carbons (Fsp3) is 0.185. The van der Waals surface area contributed by atoms with Gasteiger partial charge in [0.05, 0.1) is 11.4 Å². The van der Waals surface area contributed by atoms with E-state index >= 15 is 0 Å². The third-order valence-electron chi connectivity index (χ3n) is 5.85. The van der Waals surface area contributed by atoms with Crippen molar-refractivity contribution in [1.82, 2.24) is 9.78 Å². The number of anilines is 1. The van der Waals surface area contributed by atoms with Crippen LogP contribution < -0.4 is 5.32 Å². The molecule has 0 radical (unpaired) electrons. The van der Waals surface area contributed by atoms with Crippen molar-refractivity contribution in [3.63, 3.8) is 0 Å². The molecule has 4 nitrogen and oxygen atoms in total. The molecule has 1 amide bonds. The second-order valence-corrected chi connectivity index (χ2v) is 9.13. The van der Waals surface area contributed by atoms with Gasteiger partial charge in [-0.3, -0.25) is 4.79 Å². The van der Waals surface area contributed by atoms with Crippen LogP contribution in [-0.4, -0.2) is 15.7 Å². The Morgan fingerprint density at radius 1 is 0.969 bits per heavy atom. The molecule has 32 heavy (non-hydrogen) atoms. The van der Waals surface area contributed by atoms with Gasteiger partial charge in [0.15, 0.2) is 0 Å². The number of nitrogens with one attached hydrogen (secondary N) is 1. The normalized spacial score (nSPS) is 12.7. The maximum Gasteiger partial charge on any atom is 0.226 e. The molecule has 1 aromatic heterocycles. The molecule has 0 spiro atoms. The highest BCUT2D eigenvalue weighted by Crippen LogP contribution is 2.37. The summed E-state index contributed by atoms with van der Waals surface area (Å²) in [5, 5.41) is 8.06. The van der Waals surface area contributed by atoms with Crippen molar-refractivity contribution >= 4 is 23.5 Å². The zero-order valence-electron chi connectivity index (χ0n) is 18.0. The molecule has 0 unspecified atom stereocenters. The minimum Gasteiger partial charge on any atom is -0.310 e. The van der Waals surface area contributed by atoms with E-state index in [0.717, 1.165) is 51.0 Å². The molecule has 0 fully saturated rings. The van der Waals surface area contributed by atoms with Gasteiger partial charge in [-0.25, -0.2) is 4.68 Å². The molecular weight excluding hydrogens is 414 g/mol. The molecule has 0 atom stereocenters. The number of hydrogen-bond acceptors (Lipinski definition) is 3. The first-order chi connectivity index (χ1) is 15.7. The molecule has 0 aliphatic carbocycles. The summed E-state index contributed by atoms with van der Waals surface area (Å²) >= 11 is 1.84. The Bertz CT molecular complexity index is 1200. The quantitative estimate of drug-likeness (QED) is 0.396. The fourth-order valence-electron chi connectivity index (χ4n) is 4.26. The number of fused-ring (bicyclic) bond motifs is 1. The maximum absolute atomic E-state index is 13.4. The Hall–Kier alpha value is -3.31. The lowest BCUT2D eigenvalue weighted by Crippen LogP contribution is -2.19. The third-order valence-corrected chi connectivity index (χ3v) is 6.82. The van der Waals surface area contributed by atoms with Crippen molar-refractivity contribution in [1.29, 1.82) is 0 Å². The lowest BCUT2D eigenvalue weighted by Gasteiger charge is -2.18. The average molecular weight is 440 g/mol. The molecule has 1 aliphatic heterocycles. The minimum absolute atomic E-state index is 0.00351. The van der Waals surface area contributed by atoms with Gasteiger partial charge >= 0.3 is 0 Å². The molecule has 3 aromatic carbocycles. The summed E-state index contributed by atoms with van der Waals surface area (Å²) in [5.74, 6) is 2.55. The van der Waals surface area contributed by atoms with Crippen molar-refractivity contribution in [3.8, 4) is 5.69 Å². The lowest BCUT2D eigenvalue weighted by atomic mass is 9.88. The summed E-state index contributed by atoms with van der Waals surface area (Å²) in [4.78, 5) is 13.4. The number of nitrogens with zero attached hydrogens (tertiary/aromatic N) is 2. The highest BCUT2D eigenvalue weighted by Gasteiger charge is 2.26. The standard InChI is InChI=1S/C27H25N3OS/c1-19-9-8-14-22(15-19)30-27(24-17-32-18-25(24)29-30)28-26(31)16-23(20-10-4-2-5-11-20)21-12-6-3-7-13-21/h2-15,23H,16-18H2,1H3,(H,28,31). The lowest BCUT2D eigenvalue weighted by molar-refractivity contribution is -0.116. The van der Waals surface area contributed by atoms with E-state index in [0.29, 0.717) is 6.42 Å². The van der Waals surface area contributed by atoms with E-state index < -0.39 is 0 Å². The number of amides is 1. The topological polar surface area (TPSA) is 46.9 Å². The second kappa shape index (κ2) is 9.05. The maximum atomic E-state index is 13.4. The van der Waals surface area contributed by atoms with Crippen molar-refractivity contribution in [2.24, 2.45) is 0 Å². The Morgan fingerprint density at radius 2 is 1.66 bits per heavy atom. The number of rotatable bonds is 6. The van der Waals surface area contributed by atoms with Gasteiger partial charge in [-0.05, 0) is 35.7 Å². The van der Waals surface area contributed by atoms with Crippen molar-refractivity contribution in [3.05, 3.63) is 113 Å². The largest absolute Gasteiger partial charge is 0.310 e. The number of benzene rings is 3. The number of carbonyl (C=O) groups excluding carboxylic acids is 1. The third kappa shape index (κ3) is 4.21. The Morgan fingerprint density at radius 3 is 2.31 bits per heavy atom. The molecule has 0 bridgehead atoms. The summed E-state index contributed by atoms with van der Waals surface area (Å²) in [6, 6.07) is 28.7. The van der Waals surface area contributed by atoms with Gasteiger partial charge in [0.1, 0.15) is 5.82 Å². The van der Waals surface area contributed by atoms with Crippen LogP contribution in [0.15, 0.2) is 84.9 Å². The zero-order valence-corrected chi connectivity index (χ0v) is 18.8. The number of aryl methyl sites for hydroxylation is 1. The smallest absolute Gasteiger partial charge is 0.226 e. The van der Waals surface area contributed by atoms with Gasteiger partial charge in [0.25, 0.3) is 0 Å². The number of thioether (sulfide) groups is 1. The average Bonchev–Trinajstić information content (AvgIpc) is 3.41. The monoisotopic (exact) mass is 439 g/mol. The van der Waals surface area contributed by atoms with E-state index in [9.17, 15) is 4.79 Å². The Labute approximate surface area is 192 Å². The van der Waals surface area contributed by atoms with Crippen LogP contribution in [0.4, 0.5) is 5.82 Å². The first kappa shape index (κ1) is 20.6. The van der Waals surface area contributed by atoms with Crippen molar-refractivity contribution < 1.29 is 4.79 Å². The first-order valence-electron chi connectivity index (χ1n) is 10.8. The summed E-state index contributed by atoms with van der Waals surface area (Å²) in [6.45, 7) is 2.07. The summed E-state index contributed by atoms with van der Waals surface area (Å²) < 4.78 is 1.90. The predicted octanol–water partition coefficient (Wildman–Crippen LogP) is 6.09. The van der Waals surface area contributed by atoms with Gasteiger partial charge < -0.3 is 5.32 Å². The van der Waals surface area contributed by atoms with E-state index in [4.69, 9.17) is 5.10 Å². The van der Waals surface area contributed by atoms with Crippen LogP contribution in [0.2, 0.25) is 0 Å². The van der Waals surface area contributed by atoms with Gasteiger partial charge in [0, 0.05) is 29.4 Å². The Kier molecular flexibility index (Phi) is 5.82. The summed E-state index contributed by atoms with van der Waals surface area (Å²) in [7, 11) is 0. The van der Waals surface area contributed by atoms with E-state index in [1.807, 2.05) is 65.0 Å². The van der Waals surface area contributed by atoms with E-state index in [1.54, 1.807) is 0 Å². The van der Waals surface area contributed by atoms with Crippen LogP contribution in [0, 0.1) is 6.92 Å². The van der Waals surface area contributed by atoms with Crippen LogP contribution in [-0.2, 0) is 16.3 Å².